The highest BCUT2D eigenvalue weighted by molar-refractivity contribution is 8.23. The lowest BCUT2D eigenvalue weighted by atomic mass is 10.2. The molecule has 2 rings (SSSR count). The van der Waals surface area contributed by atoms with E-state index in [1.807, 2.05) is 0 Å². The van der Waals surface area contributed by atoms with Gasteiger partial charge in [-0.1, -0.05) is 111 Å². The van der Waals surface area contributed by atoms with Crippen molar-refractivity contribution < 1.29 is 0 Å². The fraction of sp³-hybridized carbons (Fsp3) is 0.417. The molecule has 0 aliphatic carbocycles. The number of hydrogen-bond donors (Lipinski definition) is 2. The summed E-state index contributed by atoms with van der Waals surface area (Å²) in [4.78, 5) is 2.53. The summed E-state index contributed by atoms with van der Waals surface area (Å²) in [6.07, 6.45) is 6.75. The zero-order valence-electron chi connectivity index (χ0n) is 17.9. The summed E-state index contributed by atoms with van der Waals surface area (Å²) in [5.41, 5.74) is 2.71. The SMILES string of the molecule is CCc1ccccc1SC(=S)NCCCCCCNC(=S)Sc1ccccc1CC. The molecule has 30 heavy (non-hydrogen) atoms. The molecule has 0 radical (unpaired) electrons. The Hall–Kier alpha value is -1.08. The molecule has 0 saturated carbocycles. The van der Waals surface area contributed by atoms with Gasteiger partial charge in [0.05, 0.1) is 0 Å². The zero-order chi connectivity index (χ0) is 21.6. The molecular weight excluding hydrogens is 445 g/mol. The Labute approximate surface area is 201 Å². The van der Waals surface area contributed by atoms with Crippen molar-refractivity contribution in [3.05, 3.63) is 59.7 Å². The normalized spacial score (nSPS) is 10.6. The van der Waals surface area contributed by atoms with Crippen LogP contribution in [0.5, 0.6) is 0 Å². The Morgan fingerprint density at radius 2 is 1.07 bits per heavy atom. The second-order valence-corrected chi connectivity index (χ2v) is 10.4. The van der Waals surface area contributed by atoms with E-state index in [9.17, 15) is 0 Å². The summed E-state index contributed by atoms with van der Waals surface area (Å²) in [7, 11) is 0. The lowest BCUT2D eigenvalue weighted by Crippen LogP contribution is -2.20. The summed E-state index contributed by atoms with van der Waals surface area (Å²) in [6, 6.07) is 17.0. The number of thioether (sulfide) groups is 2. The lowest BCUT2D eigenvalue weighted by molar-refractivity contribution is 0.628. The van der Waals surface area contributed by atoms with Gasteiger partial charge in [0, 0.05) is 22.9 Å². The molecule has 2 aromatic rings. The number of nitrogens with one attached hydrogen (secondary N) is 2. The molecule has 0 saturated heterocycles. The Morgan fingerprint density at radius 3 is 1.47 bits per heavy atom. The molecule has 0 aromatic heterocycles. The van der Waals surface area contributed by atoms with E-state index in [0.717, 1.165) is 47.4 Å². The number of hydrogen-bond acceptors (Lipinski definition) is 4. The van der Waals surface area contributed by atoms with Gasteiger partial charge >= 0.3 is 0 Å². The van der Waals surface area contributed by atoms with Crippen LogP contribution in [0.2, 0.25) is 0 Å². The van der Waals surface area contributed by atoms with Gasteiger partial charge in [-0.3, -0.25) is 0 Å². The zero-order valence-corrected chi connectivity index (χ0v) is 21.2. The highest BCUT2D eigenvalue weighted by Gasteiger charge is 2.05. The molecular formula is C24H32N2S4. The molecule has 0 unspecified atom stereocenters. The number of unbranched alkanes of at least 4 members (excludes halogenated alkanes) is 3. The highest BCUT2D eigenvalue weighted by Crippen LogP contribution is 2.24. The fourth-order valence-electron chi connectivity index (χ4n) is 3.05. The summed E-state index contributed by atoms with van der Waals surface area (Å²) < 4.78 is 1.74. The molecule has 0 aliphatic heterocycles. The monoisotopic (exact) mass is 476 g/mol. The van der Waals surface area contributed by atoms with Crippen LogP contribution in [-0.4, -0.2) is 21.7 Å². The Balaban J connectivity index is 1.52. The van der Waals surface area contributed by atoms with E-state index >= 15 is 0 Å². The summed E-state index contributed by atoms with van der Waals surface area (Å²) in [5, 5.41) is 6.77. The minimum absolute atomic E-state index is 0.868. The van der Waals surface area contributed by atoms with Gasteiger partial charge in [0.25, 0.3) is 0 Å². The summed E-state index contributed by atoms with van der Waals surface area (Å²) in [6.45, 7) is 6.24. The quantitative estimate of drug-likeness (QED) is 0.206. The second kappa shape index (κ2) is 14.8. The number of thiocarbonyl (C=S) groups is 2. The molecule has 0 atom stereocenters. The van der Waals surface area contributed by atoms with Crippen LogP contribution in [0.4, 0.5) is 0 Å². The first-order valence-electron chi connectivity index (χ1n) is 10.7. The van der Waals surface area contributed by atoms with E-state index in [1.165, 1.54) is 33.8 Å². The molecule has 0 fully saturated rings. The third-order valence-corrected chi connectivity index (χ3v) is 7.44. The topological polar surface area (TPSA) is 24.1 Å². The maximum atomic E-state index is 5.49. The van der Waals surface area contributed by atoms with E-state index < -0.39 is 0 Å². The molecule has 2 aromatic carbocycles. The van der Waals surface area contributed by atoms with Crippen LogP contribution >= 0.6 is 48.0 Å². The van der Waals surface area contributed by atoms with Gasteiger partial charge in [0.1, 0.15) is 8.64 Å². The van der Waals surface area contributed by atoms with Crippen LogP contribution in [0.25, 0.3) is 0 Å². The number of benzene rings is 2. The first-order valence-corrected chi connectivity index (χ1v) is 13.2. The van der Waals surface area contributed by atoms with Crippen molar-refractivity contribution in [2.24, 2.45) is 0 Å². The van der Waals surface area contributed by atoms with Crippen molar-refractivity contribution in [3.63, 3.8) is 0 Å². The van der Waals surface area contributed by atoms with E-state index in [0.29, 0.717) is 0 Å². The van der Waals surface area contributed by atoms with Gasteiger partial charge in [-0.25, -0.2) is 0 Å². The minimum Gasteiger partial charge on any atom is -0.371 e. The predicted octanol–water partition coefficient (Wildman–Crippen LogP) is 7.01. The van der Waals surface area contributed by atoms with E-state index in [-0.39, 0.29) is 0 Å². The first kappa shape index (κ1) is 25.2. The van der Waals surface area contributed by atoms with Crippen molar-refractivity contribution >= 4 is 56.6 Å². The van der Waals surface area contributed by atoms with Crippen LogP contribution in [0.15, 0.2) is 58.3 Å². The van der Waals surface area contributed by atoms with Gasteiger partial charge in [-0.2, -0.15) is 0 Å². The van der Waals surface area contributed by atoms with Crippen LogP contribution < -0.4 is 10.6 Å². The molecule has 2 N–H and O–H groups in total. The summed E-state index contributed by atoms with van der Waals surface area (Å²) >= 11 is 14.3. The number of aryl methyl sites for hydroxylation is 2. The minimum atomic E-state index is 0.868. The Bertz CT molecular complexity index is 740. The van der Waals surface area contributed by atoms with E-state index in [4.69, 9.17) is 24.4 Å². The van der Waals surface area contributed by atoms with Gasteiger partial charge < -0.3 is 10.6 Å². The van der Waals surface area contributed by atoms with Crippen molar-refractivity contribution in [1.29, 1.82) is 0 Å². The average Bonchev–Trinajstić information content (AvgIpc) is 2.76. The number of rotatable bonds is 11. The van der Waals surface area contributed by atoms with E-state index in [1.54, 1.807) is 23.5 Å². The Kier molecular flexibility index (Phi) is 12.5. The van der Waals surface area contributed by atoms with Gasteiger partial charge in [-0.15, -0.1) is 0 Å². The fourth-order valence-corrected chi connectivity index (χ4v) is 5.52. The van der Waals surface area contributed by atoms with Crippen LogP contribution in [0.3, 0.4) is 0 Å². The van der Waals surface area contributed by atoms with Crippen molar-refractivity contribution in [1.82, 2.24) is 10.6 Å². The smallest absolute Gasteiger partial charge is 0.138 e. The maximum Gasteiger partial charge on any atom is 0.138 e. The summed E-state index contributed by atoms with van der Waals surface area (Å²) in [5.74, 6) is 0. The largest absolute Gasteiger partial charge is 0.371 e. The lowest BCUT2D eigenvalue weighted by Gasteiger charge is -2.11. The average molecular weight is 477 g/mol. The maximum absolute atomic E-state index is 5.49. The molecule has 0 bridgehead atoms. The molecule has 0 heterocycles. The third kappa shape index (κ3) is 9.38. The molecule has 0 spiro atoms. The molecule has 6 heteroatoms. The molecule has 2 nitrogen and oxygen atoms in total. The van der Waals surface area contributed by atoms with Gasteiger partial charge in [0.2, 0.25) is 0 Å². The molecule has 0 amide bonds. The van der Waals surface area contributed by atoms with Crippen LogP contribution in [0.1, 0.15) is 50.7 Å². The van der Waals surface area contributed by atoms with Crippen molar-refractivity contribution in [2.75, 3.05) is 13.1 Å². The van der Waals surface area contributed by atoms with Gasteiger partial charge in [-0.05, 0) is 48.9 Å². The third-order valence-electron chi connectivity index (χ3n) is 4.75. The first-order chi connectivity index (χ1) is 14.6. The van der Waals surface area contributed by atoms with Gasteiger partial charge in [0.15, 0.2) is 0 Å². The van der Waals surface area contributed by atoms with Crippen molar-refractivity contribution in [2.45, 2.75) is 62.2 Å². The highest BCUT2D eigenvalue weighted by atomic mass is 32.2. The van der Waals surface area contributed by atoms with Crippen molar-refractivity contribution in [3.8, 4) is 0 Å². The van der Waals surface area contributed by atoms with Crippen LogP contribution in [0, 0.1) is 0 Å². The Morgan fingerprint density at radius 1 is 0.667 bits per heavy atom. The molecule has 0 aliphatic rings. The standard InChI is InChI=1S/C24H32N2S4/c1-3-19-13-7-9-15-21(19)29-23(27)25-17-11-5-6-12-18-26-24(28)30-22-16-10-8-14-20(22)4-2/h7-10,13-16H,3-6,11-12,17-18H2,1-2H3,(H,25,27)(H,26,28). The van der Waals surface area contributed by atoms with E-state index in [2.05, 4.69) is 73.0 Å². The van der Waals surface area contributed by atoms with Crippen LogP contribution in [-0.2, 0) is 12.8 Å². The second-order valence-electron chi connectivity index (χ2n) is 6.97. The molecule has 162 valence electrons. The predicted molar refractivity (Wildman–Crippen MR) is 143 cm³/mol.